The van der Waals surface area contributed by atoms with Crippen LogP contribution in [0.15, 0.2) is 82.4 Å². The fourth-order valence-electron chi connectivity index (χ4n) is 4.92. The number of esters is 1. The third-order valence-electron chi connectivity index (χ3n) is 7.24. The molecule has 13 heteroatoms. The maximum Gasteiger partial charge on any atom is 0.302 e. The van der Waals surface area contributed by atoms with Crippen molar-refractivity contribution < 1.29 is 32.3 Å². The van der Waals surface area contributed by atoms with E-state index in [0.29, 0.717) is 30.0 Å². The zero-order valence-corrected chi connectivity index (χ0v) is 24.9. The van der Waals surface area contributed by atoms with Crippen molar-refractivity contribution in [1.29, 1.82) is 5.26 Å². The lowest BCUT2D eigenvalue weighted by Crippen LogP contribution is -2.44. The van der Waals surface area contributed by atoms with Gasteiger partial charge in [0.2, 0.25) is 10.0 Å². The number of amides is 2. The second kappa shape index (κ2) is 12.8. The summed E-state index contributed by atoms with van der Waals surface area (Å²) in [6.07, 6.45) is 3.27. The average molecular weight is 616 g/mol. The third kappa shape index (κ3) is 6.09. The van der Waals surface area contributed by atoms with Crippen LogP contribution in [0.5, 0.6) is 0 Å². The van der Waals surface area contributed by atoms with E-state index in [4.69, 9.17) is 14.6 Å². The van der Waals surface area contributed by atoms with Crippen molar-refractivity contribution in [3.05, 3.63) is 83.1 Å². The number of rotatable bonds is 8. The molecule has 1 saturated heterocycles. The van der Waals surface area contributed by atoms with E-state index < -0.39 is 27.8 Å². The molecule has 2 aliphatic rings. The summed E-state index contributed by atoms with van der Waals surface area (Å²) in [7, 11) is -3.71. The van der Waals surface area contributed by atoms with Crippen LogP contribution in [-0.4, -0.2) is 84.6 Å². The zero-order chi connectivity index (χ0) is 31.4. The van der Waals surface area contributed by atoms with E-state index in [1.54, 1.807) is 29.1 Å². The van der Waals surface area contributed by atoms with Gasteiger partial charge in [-0.25, -0.2) is 13.1 Å². The maximum atomic E-state index is 13.6. The van der Waals surface area contributed by atoms with E-state index in [1.165, 1.54) is 30.3 Å². The Morgan fingerprint density at radius 1 is 1.07 bits per heavy atom. The number of imide groups is 1. The molecule has 0 atom stereocenters. The lowest BCUT2D eigenvalue weighted by Gasteiger charge is -2.27. The van der Waals surface area contributed by atoms with Crippen molar-refractivity contribution in [3.63, 3.8) is 0 Å². The number of carbonyl (C=O) groups is 3. The van der Waals surface area contributed by atoms with Crippen molar-refractivity contribution in [2.45, 2.75) is 18.7 Å². The number of sulfonamides is 1. The Morgan fingerprint density at radius 2 is 1.75 bits per heavy atom. The third-order valence-corrected chi connectivity index (χ3v) is 9.16. The van der Waals surface area contributed by atoms with Crippen molar-refractivity contribution in [2.75, 3.05) is 39.5 Å². The molecule has 3 heterocycles. The van der Waals surface area contributed by atoms with Crippen molar-refractivity contribution in [2.24, 2.45) is 0 Å². The van der Waals surface area contributed by atoms with E-state index in [0.717, 1.165) is 10.6 Å². The van der Waals surface area contributed by atoms with Crippen LogP contribution >= 0.6 is 0 Å². The molecule has 0 aliphatic carbocycles. The van der Waals surface area contributed by atoms with Gasteiger partial charge in [-0.15, -0.1) is 0 Å². The van der Waals surface area contributed by atoms with Crippen LogP contribution in [0.2, 0.25) is 0 Å². The molecule has 12 nitrogen and oxygen atoms in total. The molecule has 44 heavy (non-hydrogen) atoms. The number of hydrogen-bond donors (Lipinski definition) is 0. The van der Waals surface area contributed by atoms with Crippen LogP contribution in [0, 0.1) is 11.3 Å². The molecule has 226 valence electrons. The Kier molecular flexibility index (Phi) is 8.86. The van der Waals surface area contributed by atoms with Gasteiger partial charge in [0.1, 0.15) is 18.2 Å². The minimum Gasteiger partial charge on any atom is -0.464 e. The Labute approximate surface area is 254 Å². The van der Waals surface area contributed by atoms with Crippen LogP contribution in [-0.2, 0) is 33.9 Å². The molecular weight excluding hydrogens is 586 g/mol. The predicted molar refractivity (Wildman–Crippen MR) is 158 cm³/mol. The summed E-state index contributed by atoms with van der Waals surface area (Å²) in [5.74, 6) is -1.98. The van der Waals surface area contributed by atoms with Crippen LogP contribution in [0.3, 0.4) is 0 Å². The smallest absolute Gasteiger partial charge is 0.302 e. The topological polar surface area (TPSA) is 152 Å². The van der Waals surface area contributed by atoms with Gasteiger partial charge in [-0.2, -0.15) is 14.7 Å². The van der Waals surface area contributed by atoms with Gasteiger partial charge in [-0.3, -0.25) is 19.3 Å². The number of carbonyl (C=O) groups excluding carboxylic acids is 3. The number of morpholine rings is 1. The molecule has 0 unspecified atom stereocenters. The van der Waals surface area contributed by atoms with Gasteiger partial charge in [0.15, 0.2) is 0 Å². The van der Waals surface area contributed by atoms with Crippen molar-refractivity contribution in [3.8, 4) is 23.0 Å². The highest BCUT2D eigenvalue weighted by Gasteiger charge is 2.36. The molecule has 2 aromatic carbocycles. The van der Waals surface area contributed by atoms with Crippen LogP contribution in [0.4, 0.5) is 0 Å². The molecule has 5 rings (SSSR count). The first-order chi connectivity index (χ1) is 21.1. The molecule has 0 saturated carbocycles. The fourth-order valence-corrected chi connectivity index (χ4v) is 6.33. The highest BCUT2D eigenvalue weighted by Crippen LogP contribution is 2.32. The lowest BCUT2D eigenvalue weighted by molar-refractivity contribution is -0.147. The van der Waals surface area contributed by atoms with Gasteiger partial charge in [0, 0.05) is 42.9 Å². The molecular formula is C31H29N5O7S. The second-order valence-electron chi connectivity index (χ2n) is 10.0. The van der Waals surface area contributed by atoms with Crippen LogP contribution in [0.1, 0.15) is 19.4 Å². The number of nitriles is 1. The van der Waals surface area contributed by atoms with E-state index in [1.807, 2.05) is 36.4 Å². The van der Waals surface area contributed by atoms with Gasteiger partial charge in [-0.1, -0.05) is 30.3 Å². The maximum absolute atomic E-state index is 13.6. The first-order valence-electron chi connectivity index (χ1n) is 13.8. The van der Waals surface area contributed by atoms with Gasteiger partial charge in [0.25, 0.3) is 11.8 Å². The first kappa shape index (κ1) is 30.6. The molecule has 0 spiro atoms. The minimum absolute atomic E-state index is 0.101. The monoisotopic (exact) mass is 615 g/mol. The molecule has 2 amide bonds. The van der Waals surface area contributed by atoms with Gasteiger partial charge in [0.05, 0.1) is 36.0 Å². The molecule has 0 radical (unpaired) electrons. The predicted octanol–water partition coefficient (Wildman–Crippen LogP) is 2.72. The highest BCUT2D eigenvalue weighted by molar-refractivity contribution is 7.89. The Bertz CT molecular complexity index is 1810. The fraction of sp³-hybridized carbons (Fsp3) is 0.258. The Hall–Kier alpha value is -4.90. The SMILES string of the molecule is CC(=O)OCCN1C(=O)C(C#N)=C(C)/C(=C\c2cn(-c3ccccc3)nc2-c2ccc(S(=O)(=O)N3CCOCC3)cc2)C1=O. The van der Waals surface area contributed by atoms with E-state index >= 15 is 0 Å². The van der Waals surface area contributed by atoms with Crippen molar-refractivity contribution in [1.82, 2.24) is 19.0 Å². The minimum atomic E-state index is -3.71. The summed E-state index contributed by atoms with van der Waals surface area (Å²) >= 11 is 0. The van der Waals surface area contributed by atoms with Gasteiger partial charge < -0.3 is 9.47 Å². The van der Waals surface area contributed by atoms with E-state index in [2.05, 4.69) is 0 Å². The molecule has 3 aromatic rings. The van der Waals surface area contributed by atoms with E-state index in [9.17, 15) is 28.1 Å². The lowest BCUT2D eigenvalue weighted by atomic mass is 9.93. The number of nitrogens with zero attached hydrogens (tertiary/aromatic N) is 5. The van der Waals surface area contributed by atoms with Crippen molar-refractivity contribution >= 4 is 33.9 Å². The number of benzene rings is 2. The summed E-state index contributed by atoms with van der Waals surface area (Å²) < 4.78 is 39.6. The molecule has 2 aliphatic heterocycles. The summed E-state index contributed by atoms with van der Waals surface area (Å²) in [6, 6.07) is 17.5. The molecule has 1 fully saturated rings. The number of aromatic nitrogens is 2. The second-order valence-corrected chi connectivity index (χ2v) is 12.0. The van der Waals surface area contributed by atoms with E-state index in [-0.39, 0.29) is 47.9 Å². The molecule has 0 bridgehead atoms. The average Bonchev–Trinajstić information content (AvgIpc) is 3.46. The Balaban J connectivity index is 1.58. The molecule has 0 N–H and O–H groups in total. The quantitative estimate of drug-likeness (QED) is 0.212. The number of hydrogen-bond acceptors (Lipinski definition) is 9. The van der Waals surface area contributed by atoms with Crippen LogP contribution < -0.4 is 0 Å². The molecule has 1 aromatic heterocycles. The van der Waals surface area contributed by atoms with Gasteiger partial charge >= 0.3 is 5.97 Å². The first-order valence-corrected chi connectivity index (χ1v) is 15.2. The largest absolute Gasteiger partial charge is 0.464 e. The summed E-state index contributed by atoms with van der Waals surface area (Å²) in [6.45, 7) is 3.52. The summed E-state index contributed by atoms with van der Waals surface area (Å²) in [5.41, 5.74) is 2.36. The number of ether oxygens (including phenoxy) is 2. The summed E-state index contributed by atoms with van der Waals surface area (Å²) in [5, 5.41) is 14.5. The zero-order valence-electron chi connectivity index (χ0n) is 24.1. The highest BCUT2D eigenvalue weighted by atomic mass is 32.2. The standard InChI is InChI=1S/C31H29N5O7S/c1-21-27(30(38)35(14-17-43-22(2)37)31(39)28(21)19-32)18-24-20-36(25-6-4-3-5-7-25)33-29(24)23-8-10-26(11-9-23)44(40,41)34-12-15-42-16-13-34/h3-11,18,20H,12-17H2,1-2H3/b27-18+. The van der Waals surface area contributed by atoms with Crippen LogP contribution in [0.25, 0.3) is 23.0 Å². The van der Waals surface area contributed by atoms with Gasteiger partial charge in [-0.05, 0) is 42.8 Å². The normalized spacial score (nSPS) is 17.2. The Morgan fingerprint density at radius 3 is 2.39 bits per heavy atom. The summed E-state index contributed by atoms with van der Waals surface area (Å²) in [4.78, 5) is 38.8. The number of para-hydroxylation sites is 1.